The van der Waals surface area contributed by atoms with Crippen LogP contribution < -0.4 is 15.2 Å². The molecule has 1 fully saturated rings. The molecule has 7 nitrogen and oxygen atoms in total. The molecule has 1 aliphatic heterocycles. The van der Waals surface area contributed by atoms with E-state index in [9.17, 15) is 14.0 Å². The maximum atomic E-state index is 13.3. The number of hydrogen-bond acceptors (Lipinski definition) is 5. The maximum Gasteiger partial charge on any atom is 0.261 e. The van der Waals surface area contributed by atoms with Crippen molar-refractivity contribution >= 4 is 22.5 Å². The molecule has 0 atom stereocenters. The molecule has 8 heteroatoms. The number of benzene rings is 2. The second-order valence-corrected chi connectivity index (χ2v) is 7.22. The SMILES string of the molecule is COc1ccc(N2CCN(C(=O)CCn3cnc4cc(F)ccc4c3=O)CC2)cc1. The van der Waals surface area contributed by atoms with Gasteiger partial charge in [-0.2, -0.15) is 0 Å². The summed E-state index contributed by atoms with van der Waals surface area (Å²) in [6.07, 6.45) is 1.59. The Morgan fingerprint density at radius 1 is 1.10 bits per heavy atom. The lowest BCUT2D eigenvalue weighted by Gasteiger charge is -2.36. The zero-order valence-corrected chi connectivity index (χ0v) is 16.8. The predicted octanol–water partition coefficient (Wildman–Crippen LogP) is 2.28. The molecule has 3 aromatic rings. The molecule has 30 heavy (non-hydrogen) atoms. The van der Waals surface area contributed by atoms with Gasteiger partial charge < -0.3 is 14.5 Å². The van der Waals surface area contributed by atoms with Crippen molar-refractivity contribution < 1.29 is 13.9 Å². The summed E-state index contributed by atoms with van der Waals surface area (Å²) >= 11 is 0. The number of carbonyl (C=O) groups excluding carboxylic acids is 1. The second kappa shape index (κ2) is 8.52. The minimum absolute atomic E-state index is 0.00971. The number of rotatable bonds is 5. The molecular formula is C22H23FN4O3. The summed E-state index contributed by atoms with van der Waals surface area (Å²) in [5.74, 6) is 0.391. The van der Waals surface area contributed by atoms with Crippen LogP contribution in [0.1, 0.15) is 6.42 Å². The van der Waals surface area contributed by atoms with E-state index < -0.39 is 5.82 Å². The molecule has 0 saturated carbocycles. The van der Waals surface area contributed by atoms with Gasteiger partial charge in [0, 0.05) is 50.9 Å². The lowest BCUT2D eigenvalue weighted by atomic mass is 10.2. The molecule has 1 aromatic heterocycles. The van der Waals surface area contributed by atoms with Crippen molar-refractivity contribution in [3.63, 3.8) is 0 Å². The van der Waals surface area contributed by atoms with Gasteiger partial charge in [-0.15, -0.1) is 0 Å². The standard InChI is InChI=1S/C22H23FN4O3/c1-30-18-5-3-17(4-6-18)25-10-12-26(13-11-25)21(28)8-9-27-15-24-20-14-16(23)2-7-19(20)22(27)29/h2-7,14-15H,8-13H2,1H3. The normalized spacial score (nSPS) is 14.2. The van der Waals surface area contributed by atoms with Crippen molar-refractivity contribution in [2.45, 2.75) is 13.0 Å². The number of amides is 1. The zero-order valence-electron chi connectivity index (χ0n) is 16.8. The largest absolute Gasteiger partial charge is 0.497 e. The molecule has 156 valence electrons. The number of fused-ring (bicyclic) bond motifs is 1. The van der Waals surface area contributed by atoms with Crippen LogP contribution in [0.5, 0.6) is 5.75 Å². The number of piperazine rings is 1. The van der Waals surface area contributed by atoms with Crippen LogP contribution in [0, 0.1) is 5.82 Å². The van der Waals surface area contributed by atoms with Crippen molar-refractivity contribution in [1.82, 2.24) is 14.5 Å². The van der Waals surface area contributed by atoms with Gasteiger partial charge in [0.05, 0.1) is 24.3 Å². The lowest BCUT2D eigenvalue weighted by molar-refractivity contribution is -0.131. The highest BCUT2D eigenvalue weighted by molar-refractivity contribution is 5.78. The number of hydrogen-bond donors (Lipinski definition) is 0. The smallest absolute Gasteiger partial charge is 0.261 e. The summed E-state index contributed by atoms with van der Waals surface area (Å²) in [6, 6.07) is 11.8. The molecule has 0 radical (unpaired) electrons. The van der Waals surface area contributed by atoms with E-state index in [1.54, 1.807) is 7.11 Å². The first-order valence-electron chi connectivity index (χ1n) is 9.86. The topological polar surface area (TPSA) is 67.7 Å². The van der Waals surface area contributed by atoms with Crippen LogP contribution in [-0.2, 0) is 11.3 Å². The number of halogens is 1. The van der Waals surface area contributed by atoms with E-state index in [4.69, 9.17) is 4.74 Å². The molecule has 1 saturated heterocycles. The van der Waals surface area contributed by atoms with Crippen molar-refractivity contribution in [3.05, 3.63) is 65.0 Å². The molecule has 1 aliphatic rings. The summed E-state index contributed by atoms with van der Waals surface area (Å²) in [6.45, 7) is 3.02. The van der Waals surface area contributed by atoms with E-state index in [-0.39, 0.29) is 24.4 Å². The van der Waals surface area contributed by atoms with Gasteiger partial charge in [0.25, 0.3) is 5.56 Å². The minimum atomic E-state index is -0.434. The van der Waals surface area contributed by atoms with Gasteiger partial charge in [0.15, 0.2) is 0 Å². The Morgan fingerprint density at radius 2 is 1.83 bits per heavy atom. The van der Waals surface area contributed by atoms with Crippen LogP contribution in [-0.4, -0.2) is 53.6 Å². The highest BCUT2D eigenvalue weighted by Gasteiger charge is 2.21. The Morgan fingerprint density at radius 3 is 2.53 bits per heavy atom. The third-order valence-corrected chi connectivity index (χ3v) is 5.42. The first-order chi connectivity index (χ1) is 14.5. The fraction of sp³-hybridized carbons (Fsp3) is 0.318. The van der Waals surface area contributed by atoms with Gasteiger partial charge in [0.2, 0.25) is 5.91 Å². The number of methoxy groups -OCH3 is 1. The maximum absolute atomic E-state index is 13.3. The molecule has 0 unspecified atom stereocenters. The molecule has 0 spiro atoms. The lowest BCUT2D eigenvalue weighted by Crippen LogP contribution is -2.49. The van der Waals surface area contributed by atoms with Crippen LogP contribution in [0.25, 0.3) is 10.9 Å². The predicted molar refractivity (Wildman–Crippen MR) is 112 cm³/mol. The third kappa shape index (κ3) is 4.12. The van der Waals surface area contributed by atoms with Crippen molar-refractivity contribution in [2.75, 3.05) is 38.2 Å². The van der Waals surface area contributed by atoms with Crippen molar-refractivity contribution in [2.24, 2.45) is 0 Å². The summed E-state index contributed by atoms with van der Waals surface area (Å²) < 4.78 is 19.9. The molecular weight excluding hydrogens is 387 g/mol. The Kier molecular flexibility index (Phi) is 5.65. The van der Waals surface area contributed by atoms with Crippen LogP contribution in [0.2, 0.25) is 0 Å². The minimum Gasteiger partial charge on any atom is -0.497 e. The molecule has 2 heterocycles. The summed E-state index contributed by atoms with van der Waals surface area (Å²) in [5, 5.41) is 0.347. The van der Waals surface area contributed by atoms with Gasteiger partial charge in [-0.05, 0) is 36.4 Å². The van der Waals surface area contributed by atoms with Gasteiger partial charge in [-0.25, -0.2) is 9.37 Å². The van der Waals surface area contributed by atoms with Gasteiger partial charge in [-0.1, -0.05) is 0 Å². The molecule has 4 rings (SSSR count). The first kappa shape index (κ1) is 19.9. The van der Waals surface area contributed by atoms with E-state index in [0.717, 1.165) is 24.5 Å². The van der Waals surface area contributed by atoms with Crippen LogP contribution >= 0.6 is 0 Å². The second-order valence-electron chi connectivity index (χ2n) is 7.22. The summed E-state index contributed by atoms with van der Waals surface area (Å²) in [4.78, 5) is 33.4. The Balaban J connectivity index is 1.34. The number of nitrogens with zero attached hydrogens (tertiary/aromatic N) is 4. The number of carbonyl (C=O) groups is 1. The number of ether oxygens (including phenoxy) is 1. The van der Waals surface area contributed by atoms with E-state index in [1.165, 1.54) is 29.1 Å². The Labute approximate surface area is 173 Å². The van der Waals surface area contributed by atoms with E-state index in [1.807, 2.05) is 29.2 Å². The van der Waals surface area contributed by atoms with Gasteiger partial charge in [0.1, 0.15) is 11.6 Å². The Hall–Kier alpha value is -3.42. The quantitative estimate of drug-likeness (QED) is 0.646. The molecule has 0 N–H and O–H groups in total. The van der Waals surface area contributed by atoms with Crippen molar-refractivity contribution in [1.29, 1.82) is 0 Å². The molecule has 0 aliphatic carbocycles. The average molecular weight is 410 g/mol. The van der Waals surface area contributed by atoms with Crippen molar-refractivity contribution in [3.8, 4) is 5.75 Å². The molecule has 0 bridgehead atoms. The van der Waals surface area contributed by atoms with Crippen LogP contribution in [0.3, 0.4) is 0 Å². The van der Waals surface area contributed by atoms with E-state index in [0.29, 0.717) is 24.0 Å². The number of aryl methyl sites for hydroxylation is 1. The highest BCUT2D eigenvalue weighted by Crippen LogP contribution is 2.20. The van der Waals surface area contributed by atoms with Gasteiger partial charge in [-0.3, -0.25) is 14.2 Å². The highest BCUT2D eigenvalue weighted by atomic mass is 19.1. The fourth-order valence-corrected chi connectivity index (χ4v) is 3.67. The van der Waals surface area contributed by atoms with E-state index in [2.05, 4.69) is 9.88 Å². The van der Waals surface area contributed by atoms with Crippen LogP contribution in [0.15, 0.2) is 53.6 Å². The average Bonchev–Trinajstić information content (AvgIpc) is 2.78. The molecule has 1 amide bonds. The zero-order chi connectivity index (χ0) is 21.1. The first-order valence-corrected chi connectivity index (χ1v) is 9.86. The molecule has 2 aromatic carbocycles. The summed E-state index contributed by atoms with van der Waals surface area (Å²) in [7, 11) is 1.64. The van der Waals surface area contributed by atoms with Gasteiger partial charge >= 0.3 is 0 Å². The third-order valence-electron chi connectivity index (χ3n) is 5.42. The fourth-order valence-electron chi connectivity index (χ4n) is 3.67. The number of aromatic nitrogens is 2. The monoisotopic (exact) mass is 410 g/mol. The number of anilines is 1. The van der Waals surface area contributed by atoms with E-state index >= 15 is 0 Å². The Bertz CT molecular complexity index is 1110. The van der Waals surface area contributed by atoms with Crippen LogP contribution in [0.4, 0.5) is 10.1 Å². The summed E-state index contributed by atoms with van der Waals surface area (Å²) in [5.41, 5.74) is 1.16.